The Morgan fingerprint density at radius 1 is 1.36 bits per heavy atom. The van der Waals surface area contributed by atoms with Gasteiger partial charge in [0.15, 0.2) is 5.78 Å². The molecule has 0 atom stereocenters. The molecule has 0 spiro atoms. The van der Waals surface area contributed by atoms with Crippen molar-refractivity contribution >= 4 is 24.7 Å². The molecule has 0 amide bonds. The molecule has 1 aromatic carbocycles. The third kappa shape index (κ3) is 2.28. The molecule has 14 heavy (non-hydrogen) atoms. The van der Waals surface area contributed by atoms with E-state index in [2.05, 4.69) is 0 Å². The maximum Gasteiger partial charge on any atom is 0.488 e. The Labute approximate surface area is 81.3 Å². The highest BCUT2D eigenvalue weighted by molar-refractivity contribution is 6.58. The number of carbonyl (C=O) groups excluding carboxylic acids is 2. The first kappa shape index (κ1) is 10.6. The number of hydrogen-bond acceptors (Lipinski definition) is 4. The highest BCUT2D eigenvalue weighted by Gasteiger charge is 2.14. The lowest BCUT2D eigenvalue weighted by molar-refractivity contribution is 0.101. The molecule has 0 aliphatic heterocycles. The first-order chi connectivity index (χ1) is 6.54. The van der Waals surface area contributed by atoms with Gasteiger partial charge in [-0.05, 0) is 18.5 Å². The summed E-state index contributed by atoms with van der Waals surface area (Å²) in [5, 5.41) is 17.8. The molecule has 1 rings (SSSR count). The largest absolute Gasteiger partial charge is 0.488 e. The number of Topliss-reactive ketones (excluding diaryl/α,β-unsaturated/α-hetero) is 1. The minimum atomic E-state index is -1.67. The van der Waals surface area contributed by atoms with Gasteiger partial charge in [0.25, 0.3) is 0 Å². The highest BCUT2D eigenvalue weighted by Crippen LogP contribution is 2.02. The van der Waals surface area contributed by atoms with Crippen molar-refractivity contribution in [1.29, 1.82) is 0 Å². The summed E-state index contributed by atoms with van der Waals surface area (Å²) < 4.78 is 0. The number of benzene rings is 1. The third-order valence-corrected chi connectivity index (χ3v) is 1.82. The predicted octanol–water partition coefficient (Wildman–Crippen LogP) is -0.618. The second-order valence-electron chi connectivity index (χ2n) is 2.94. The molecule has 72 valence electrons. The Kier molecular flexibility index (Phi) is 3.16. The van der Waals surface area contributed by atoms with E-state index >= 15 is 0 Å². The first-order valence-electron chi connectivity index (χ1n) is 4.02. The van der Waals surface area contributed by atoms with E-state index < -0.39 is 7.12 Å². The van der Waals surface area contributed by atoms with Gasteiger partial charge in [-0.15, -0.1) is 0 Å². The maximum absolute atomic E-state index is 11.0. The molecule has 0 fully saturated rings. The van der Waals surface area contributed by atoms with E-state index in [9.17, 15) is 9.59 Å². The van der Waals surface area contributed by atoms with Crippen LogP contribution in [0.15, 0.2) is 18.2 Å². The van der Waals surface area contributed by atoms with Gasteiger partial charge in [-0.25, -0.2) is 0 Å². The molecule has 0 radical (unpaired) electrons. The lowest BCUT2D eigenvalue weighted by Crippen LogP contribution is -2.30. The number of aldehydes is 1. The zero-order valence-corrected chi connectivity index (χ0v) is 7.60. The average Bonchev–Trinajstić information content (AvgIpc) is 2.16. The molecule has 0 aromatic heterocycles. The van der Waals surface area contributed by atoms with Crippen LogP contribution in [-0.2, 0) is 0 Å². The summed E-state index contributed by atoms with van der Waals surface area (Å²) in [4.78, 5) is 21.5. The van der Waals surface area contributed by atoms with Crippen LogP contribution in [0.5, 0.6) is 0 Å². The van der Waals surface area contributed by atoms with E-state index in [4.69, 9.17) is 10.0 Å². The number of hydrogen-bond donors (Lipinski definition) is 2. The van der Waals surface area contributed by atoms with Crippen LogP contribution in [0.2, 0.25) is 0 Å². The zero-order chi connectivity index (χ0) is 10.7. The van der Waals surface area contributed by atoms with Crippen molar-refractivity contribution in [3.05, 3.63) is 29.3 Å². The fourth-order valence-electron chi connectivity index (χ4n) is 1.10. The smallest absolute Gasteiger partial charge is 0.423 e. The summed E-state index contributed by atoms with van der Waals surface area (Å²) in [6.45, 7) is 1.34. The Morgan fingerprint density at radius 2 is 2.00 bits per heavy atom. The van der Waals surface area contributed by atoms with Crippen LogP contribution in [-0.4, -0.2) is 29.2 Å². The summed E-state index contributed by atoms with van der Waals surface area (Å²) in [6, 6.07) is 4.07. The first-order valence-corrected chi connectivity index (χ1v) is 4.02. The van der Waals surface area contributed by atoms with Gasteiger partial charge in [-0.3, -0.25) is 9.59 Å². The number of ketones is 1. The van der Waals surface area contributed by atoms with Gasteiger partial charge in [0.1, 0.15) is 6.29 Å². The van der Waals surface area contributed by atoms with E-state index in [0.717, 1.165) is 0 Å². The van der Waals surface area contributed by atoms with Crippen molar-refractivity contribution in [1.82, 2.24) is 0 Å². The molecule has 0 heterocycles. The molecule has 0 saturated carbocycles. The molecular formula is C9H9BO4. The molecule has 5 heteroatoms. The summed E-state index contributed by atoms with van der Waals surface area (Å²) in [6.07, 6.45) is 0.554. The predicted molar refractivity (Wildman–Crippen MR) is 51.7 cm³/mol. The van der Waals surface area contributed by atoms with E-state index in [-0.39, 0.29) is 22.4 Å². The van der Waals surface area contributed by atoms with E-state index in [0.29, 0.717) is 6.29 Å². The van der Waals surface area contributed by atoms with Crippen LogP contribution in [0.4, 0.5) is 0 Å². The Bertz CT molecular complexity index is 373. The van der Waals surface area contributed by atoms with Gasteiger partial charge in [0.05, 0.1) is 0 Å². The van der Waals surface area contributed by atoms with Crippen molar-refractivity contribution in [2.75, 3.05) is 0 Å². The van der Waals surface area contributed by atoms with Gasteiger partial charge < -0.3 is 10.0 Å². The molecule has 4 nitrogen and oxygen atoms in total. The second kappa shape index (κ2) is 4.17. The fraction of sp³-hybridized carbons (Fsp3) is 0.111. The normalized spacial score (nSPS) is 9.64. The minimum absolute atomic E-state index is 0.139. The molecule has 0 unspecified atom stereocenters. The van der Waals surface area contributed by atoms with Crippen molar-refractivity contribution in [3.63, 3.8) is 0 Å². The lowest BCUT2D eigenvalue weighted by atomic mass is 9.78. The minimum Gasteiger partial charge on any atom is -0.423 e. The molecule has 0 saturated heterocycles. The number of carbonyl (C=O) groups is 2. The van der Waals surface area contributed by atoms with Crippen LogP contribution < -0.4 is 5.46 Å². The van der Waals surface area contributed by atoms with Crippen molar-refractivity contribution < 1.29 is 19.6 Å². The van der Waals surface area contributed by atoms with E-state index in [1.807, 2.05) is 0 Å². The van der Waals surface area contributed by atoms with Gasteiger partial charge >= 0.3 is 7.12 Å². The average molecular weight is 192 g/mol. The fourth-order valence-corrected chi connectivity index (χ4v) is 1.10. The Morgan fingerprint density at radius 3 is 2.43 bits per heavy atom. The summed E-state index contributed by atoms with van der Waals surface area (Å²) in [5.74, 6) is -0.226. The molecule has 2 N–H and O–H groups in total. The summed E-state index contributed by atoms with van der Waals surface area (Å²) >= 11 is 0. The molecule has 0 bridgehead atoms. The third-order valence-electron chi connectivity index (χ3n) is 1.82. The molecular weight excluding hydrogens is 183 g/mol. The molecule has 1 aromatic rings. The van der Waals surface area contributed by atoms with Crippen molar-refractivity contribution in [3.8, 4) is 0 Å². The van der Waals surface area contributed by atoms with Crippen LogP contribution >= 0.6 is 0 Å². The maximum atomic E-state index is 11.0. The summed E-state index contributed by atoms with van der Waals surface area (Å²) in [7, 11) is -1.67. The van der Waals surface area contributed by atoms with Gasteiger partial charge in [-0.1, -0.05) is 12.1 Å². The SMILES string of the molecule is CC(=O)c1cc(C=O)cc(B(O)O)c1. The van der Waals surface area contributed by atoms with Crippen molar-refractivity contribution in [2.45, 2.75) is 6.92 Å². The van der Waals surface area contributed by atoms with Gasteiger partial charge in [-0.2, -0.15) is 0 Å². The van der Waals surface area contributed by atoms with E-state index in [1.54, 1.807) is 0 Å². The van der Waals surface area contributed by atoms with Crippen LogP contribution in [0.25, 0.3) is 0 Å². The van der Waals surface area contributed by atoms with E-state index in [1.165, 1.54) is 25.1 Å². The van der Waals surface area contributed by atoms with Crippen LogP contribution in [0.3, 0.4) is 0 Å². The zero-order valence-electron chi connectivity index (χ0n) is 7.60. The van der Waals surface area contributed by atoms with Crippen LogP contribution in [0.1, 0.15) is 27.6 Å². The molecule has 0 aliphatic carbocycles. The van der Waals surface area contributed by atoms with Gasteiger partial charge in [0, 0.05) is 11.1 Å². The van der Waals surface area contributed by atoms with Crippen LogP contribution in [0, 0.1) is 0 Å². The quantitative estimate of drug-likeness (QED) is 0.380. The Hall–Kier alpha value is -1.46. The molecule has 0 aliphatic rings. The van der Waals surface area contributed by atoms with Crippen molar-refractivity contribution in [2.24, 2.45) is 0 Å². The Balaban J connectivity index is 3.27. The second-order valence-corrected chi connectivity index (χ2v) is 2.94. The lowest BCUT2D eigenvalue weighted by Gasteiger charge is -2.03. The highest BCUT2D eigenvalue weighted by atomic mass is 16.4. The number of rotatable bonds is 3. The topological polar surface area (TPSA) is 74.6 Å². The monoisotopic (exact) mass is 192 g/mol. The van der Waals surface area contributed by atoms with Gasteiger partial charge in [0.2, 0.25) is 0 Å². The summed E-state index contributed by atoms with van der Waals surface area (Å²) in [5.41, 5.74) is 0.679. The standard InChI is InChI=1S/C9H9BO4/c1-6(12)8-2-7(5-11)3-9(4-8)10(13)14/h2-5,13-14H,1H3.